The van der Waals surface area contributed by atoms with Crippen LogP contribution in [0.1, 0.15) is 6.42 Å². The molecule has 1 aromatic carbocycles. The quantitative estimate of drug-likeness (QED) is 0.815. The van der Waals surface area contributed by atoms with Crippen molar-refractivity contribution in [2.24, 2.45) is 5.92 Å². The summed E-state index contributed by atoms with van der Waals surface area (Å²) in [4.78, 5) is 29.5. The molecule has 0 radical (unpaired) electrons. The summed E-state index contributed by atoms with van der Waals surface area (Å²) in [5.41, 5.74) is 0.939. The zero-order chi connectivity index (χ0) is 16.2. The standard InChI is InChI=1S/C17H20N4O2/c1-21-11-13(10-16(21)22)17(23)19-9-8-18-15-7-6-12-4-2-3-5-14(12)20-15/h2-7,13H,8-11H2,1H3,(H,18,20)(H,19,23)/t13-/m0/s1. The fraction of sp³-hybridized carbons (Fsp3) is 0.353. The second-order valence-corrected chi connectivity index (χ2v) is 5.78. The van der Waals surface area contributed by atoms with Gasteiger partial charge in [0.25, 0.3) is 0 Å². The van der Waals surface area contributed by atoms with E-state index in [0.29, 0.717) is 26.1 Å². The van der Waals surface area contributed by atoms with Crippen LogP contribution in [0.25, 0.3) is 10.9 Å². The van der Waals surface area contributed by atoms with Gasteiger partial charge in [-0.2, -0.15) is 0 Å². The Labute approximate surface area is 134 Å². The average molecular weight is 312 g/mol. The lowest BCUT2D eigenvalue weighted by atomic mass is 10.1. The van der Waals surface area contributed by atoms with Gasteiger partial charge in [0.15, 0.2) is 0 Å². The highest BCUT2D eigenvalue weighted by Gasteiger charge is 2.31. The minimum absolute atomic E-state index is 0.0311. The number of anilines is 1. The number of likely N-dealkylation sites (tertiary alicyclic amines) is 1. The van der Waals surface area contributed by atoms with E-state index in [0.717, 1.165) is 16.7 Å². The molecule has 0 bridgehead atoms. The molecule has 2 aromatic rings. The normalized spacial score (nSPS) is 17.5. The van der Waals surface area contributed by atoms with Gasteiger partial charge in [0, 0.05) is 38.5 Å². The number of benzene rings is 1. The number of carbonyl (C=O) groups excluding carboxylic acids is 2. The van der Waals surface area contributed by atoms with Crippen LogP contribution in [-0.2, 0) is 9.59 Å². The first-order valence-corrected chi connectivity index (χ1v) is 7.75. The molecular weight excluding hydrogens is 292 g/mol. The van der Waals surface area contributed by atoms with Crippen LogP contribution in [0.2, 0.25) is 0 Å². The smallest absolute Gasteiger partial charge is 0.225 e. The van der Waals surface area contributed by atoms with Crippen molar-refractivity contribution >= 4 is 28.5 Å². The van der Waals surface area contributed by atoms with Crippen molar-refractivity contribution in [2.75, 3.05) is 32.0 Å². The van der Waals surface area contributed by atoms with Crippen LogP contribution in [0, 0.1) is 5.92 Å². The molecule has 1 atom stereocenters. The molecule has 2 amide bonds. The van der Waals surface area contributed by atoms with Crippen LogP contribution in [0.5, 0.6) is 0 Å². The largest absolute Gasteiger partial charge is 0.368 e. The molecule has 0 aliphatic carbocycles. The maximum absolute atomic E-state index is 12.0. The third-order valence-electron chi connectivity index (χ3n) is 4.04. The van der Waals surface area contributed by atoms with Crippen LogP contribution in [0.15, 0.2) is 36.4 Å². The molecule has 1 saturated heterocycles. The third kappa shape index (κ3) is 3.59. The second-order valence-electron chi connectivity index (χ2n) is 5.78. The van der Waals surface area contributed by atoms with Gasteiger partial charge in [-0.25, -0.2) is 4.98 Å². The van der Waals surface area contributed by atoms with E-state index in [1.807, 2.05) is 36.4 Å². The molecule has 2 N–H and O–H groups in total. The molecule has 6 nitrogen and oxygen atoms in total. The Hall–Kier alpha value is -2.63. The number of nitrogens with one attached hydrogen (secondary N) is 2. The van der Waals surface area contributed by atoms with Crippen molar-refractivity contribution < 1.29 is 9.59 Å². The van der Waals surface area contributed by atoms with Crippen molar-refractivity contribution in [3.63, 3.8) is 0 Å². The lowest BCUT2D eigenvalue weighted by Crippen LogP contribution is -2.35. The number of fused-ring (bicyclic) bond motifs is 1. The Bertz CT molecular complexity index is 731. The summed E-state index contributed by atoms with van der Waals surface area (Å²) in [5.74, 6) is 0.527. The Morgan fingerprint density at radius 1 is 1.26 bits per heavy atom. The molecule has 1 aliphatic rings. The van der Waals surface area contributed by atoms with Crippen molar-refractivity contribution in [1.29, 1.82) is 0 Å². The monoisotopic (exact) mass is 312 g/mol. The van der Waals surface area contributed by atoms with Gasteiger partial charge >= 0.3 is 0 Å². The van der Waals surface area contributed by atoms with E-state index < -0.39 is 0 Å². The number of pyridine rings is 1. The summed E-state index contributed by atoms with van der Waals surface area (Å²) in [6.45, 7) is 1.60. The van der Waals surface area contributed by atoms with Crippen LogP contribution in [0.4, 0.5) is 5.82 Å². The molecule has 3 rings (SSSR count). The highest BCUT2D eigenvalue weighted by atomic mass is 16.2. The van der Waals surface area contributed by atoms with Crippen LogP contribution in [-0.4, -0.2) is 48.4 Å². The lowest BCUT2D eigenvalue weighted by molar-refractivity contribution is -0.128. The number of hydrogen-bond donors (Lipinski definition) is 2. The van der Waals surface area contributed by atoms with E-state index >= 15 is 0 Å². The van der Waals surface area contributed by atoms with Crippen molar-refractivity contribution in [1.82, 2.24) is 15.2 Å². The number of nitrogens with zero attached hydrogens (tertiary/aromatic N) is 2. The van der Waals surface area contributed by atoms with Gasteiger partial charge in [-0.05, 0) is 18.2 Å². The minimum atomic E-state index is -0.230. The van der Waals surface area contributed by atoms with Gasteiger partial charge in [0.05, 0.1) is 11.4 Å². The first kappa shape index (κ1) is 15.3. The van der Waals surface area contributed by atoms with E-state index in [2.05, 4.69) is 15.6 Å². The molecular formula is C17H20N4O2. The fourth-order valence-corrected chi connectivity index (χ4v) is 2.72. The van der Waals surface area contributed by atoms with E-state index in [1.165, 1.54) is 0 Å². The van der Waals surface area contributed by atoms with Gasteiger partial charge in [-0.15, -0.1) is 0 Å². The van der Waals surface area contributed by atoms with Crippen molar-refractivity contribution in [3.8, 4) is 0 Å². The number of rotatable bonds is 5. The Balaban J connectivity index is 1.45. The summed E-state index contributed by atoms with van der Waals surface area (Å²) in [6.07, 6.45) is 0.308. The molecule has 0 spiro atoms. The van der Waals surface area contributed by atoms with Gasteiger partial charge < -0.3 is 15.5 Å². The van der Waals surface area contributed by atoms with E-state index in [4.69, 9.17) is 0 Å². The van der Waals surface area contributed by atoms with Gasteiger partial charge in [0.1, 0.15) is 5.82 Å². The predicted octanol–water partition coefficient (Wildman–Crippen LogP) is 1.24. The molecule has 1 fully saturated rings. The fourth-order valence-electron chi connectivity index (χ4n) is 2.72. The SMILES string of the molecule is CN1C[C@@H](C(=O)NCCNc2ccc3ccccc3n2)CC1=O. The summed E-state index contributed by atoms with van der Waals surface area (Å²) in [6, 6.07) is 11.9. The third-order valence-corrected chi connectivity index (χ3v) is 4.04. The van der Waals surface area contributed by atoms with Crippen molar-refractivity contribution in [2.45, 2.75) is 6.42 Å². The second kappa shape index (κ2) is 6.64. The molecule has 120 valence electrons. The lowest BCUT2D eigenvalue weighted by Gasteiger charge is -2.12. The first-order chi connectivity index (χ1) is 11.1. The molecule has 6 heteroatoms. The predicted molar refractivity (Wildman–Crippen MR) is 89.0 cm³/mol. The van der Waals surface area contributed by atoms with Gasteiger partial charge in [-0.1, -0.05) is 18.2 Å². The van der Waals surface area contributed by atoms with Crippen LogP contribution < -0.4 is 10.6 Å². The van der Waals surface area contributed by atoms with E-state index in [-0.39, 0.29) is 17.7 Å². The van der Waals surface area contributed by atoms with Crippen molar-refractivity contribution in [3.05, 3.63) is 36.4 Å². The summed E-state index contributed by atoms with van der Waals surface area (Å²) >= 11 is 0. The minimum Gasteiger partial charge on any atom is -0.368 e. The zero-order valence-corrected chi connectivity index (χ0v) is 13.1. The first-order valence-electron chi connectivity index (χ1n) is 7.75. The highest BCUT2D eigenvalue weighted by molar-refractivity contribution is 5.89. The number of carbonyl (C=O) groups is 2. The Morgan fingerprint density at radius 2 is 2.09 bits per heavy atom. The Kier molecular flexibility index (Phi) is 4.41. The Morgan fingerprint density at radius 3 is 2.87 bits per heavy atom. The maximum atomic E-state index is 12.0. The summed E-state index contributed by atoms with van der Waals surface area (Å²) in [5, 5.41) is 7.16. The summed E-state index contributed by atoms with van der Waals surface area (Å²) in [7, 11) is 1.72. The zero-order valence-electron chi connectivity index (χ0n) is 13.1. The average Bonchev–Trinajstić information content (AvgIpc) is 2.90. The van der Waals surface area contributed by atoms with Crippen LogP contribution in [0.3, 0.4) is 0 Å². The van der Waals surface area contributed by atoms with Gasteiger partial charge in [0.2, 0.25) is 11.8 Å². The topological polar surface area (TPSA) is 74.3 Å². The van der Waals surface area contributed by atoms with Crippen LogP contribution >= 0.6 is 0 Å². The number of amides is 2. The molecule has 0 saturated carbocycles. The molecule has 1 aromatic heterocycles. The molecule has 23 heavy (non-hydrogen) atoms. The molecule has 1 aliphatic heterocycles. The van der Waals surface area contributed by atoms with E-state index in [1.54, 1.807) is 11.9 Å². The highest BCUT2D eigenvalue weighted by Crippen LogP contribution is 2.16. The molecule has 0 unspecified atom stereocenters. The van der Waals surface area contributed by atoms with Gasteiger partial charge in [-0.3, -0.25) is 9.59 Å². The number of hydrogen-bond acceptors (Lipinski definition) is 4. The van der Waals surface area contributed by atoms with E-state index in [9.17, 15) is 9.59 Å². The maximum Gasteiger partial charge on any atom is 0.225 e. The molecule has 2 heterocycles. The number of aromatic nitrogens is 1. The summed E-state index contributed by atoms with van der Waals surface area (Å²) < 4.78 is 0. The number of para-hydroxylation sites is 1.